The molecule has 0 radical (unpaired) electrons. The highest BCUT2D eigenvalue weighted by Gasteiger charge is 2.45. The van der Waals surface area contributed by atoms with Gasteiger partial charge in [0.1, 0.15) is 18.3 Å². The van der Waals surface area contributed by atoms with Gasteiger partial charge in [0.2, 0.25) is 0 Å². The zero-order valence-electron chi connectivity index (χ0n) is 20.4. The van der Waals surface area contributed by atoms with Gasteiger partial charge in [-0.2, -0.15) is 14.4 Å². The Morgan fingerprint density at radius 2 is 1.98 bits per heavy atom. The molecule has 1 aliphatic heterocycles. The minimum absolute atomic E-state index is 0.0635. The summed E-state index contributed by atoms with van der Waals surface area (Å²) >= 11 is 0.861. The number of aromatic nitrogens is 4. The van der Waals surface area contributed by atoms with Crippen LogP contribution in [0.4, 0.5) is 15.2 Å². The molecule has 18 heteroatoms. The molecule has 0 spiro atoms. The summed E-state index contributed by atoms with van der Waals surface area (Å²) in [6, 6.07) is 11.8. The minimum Gasteiger partial charge on any atom is -0.387 e. The van der Waals surface area contributed by atoms with Crippen LogP contribution in [0.3, 0.4) is 0 Å². The van der Waals surface area contributed by atoms with Gasteiger partial charge in [0.25, 0.3) is 0 Å². The van der Waals surface area contributed by atoms with Gasteiger partial charge in [-0.1, -0.05) is 41.7 Å². The second-order valence-corrected chi connectivity index (χ2v) is 11.6. The van der Waals surface area contributed by atoms with E-state index in [2.05, 4.69) is 20.0 Å². The Balaban J connectivity index is 1.30. The number of nitrogens with zero attached hydrogens (tertiary/aromatic N) is 5. The summed E-state index contributed by atoms with van der Waals surface area (Å²) in [5, 5.41) is 34.9. The lowest BCUT2D eigenvalue weighted by Crippen LogP contribution is -2.34. The predicted molar refractivity (Wildman–Crippen MR) is 138 cm³/mol. The molecular formula is C22H23FN7O8PS. The molecule has 15 nitrogen and oxygen atoms in total. The van der Waals surface area contributed by atoms with Crippen LogP contribution in [0.5, 0.6) is 0 Å². The fraction of sp³-hybridized carbons (Fsp3) is 0.318. The van der Waals surface area contributed by atoms with E-state index in [4.69, 9.17) is 19.5 Å². The van der Waals surface area contributed by atoms with Crippen LogP contribution < -0.4 is 10.8 Å². The smallest absolute Gasteiger partial charge is 0.387 e. The highest BCUT2D eigenvalue weighted by molar-refractivity contribution is 7.51. The Kier molecular flexibility index (Phi) is 8.16. The SMILES string of the molecule is Nc1nc(F)nc2c1ncn2C1O[C@H](COP(=O)(NCc2ccccc2)OCc2ccc([N+](=O)[O-])s2)[C@H](O)C1O. The number of nitrogens with two attached hydrogens (primary N) is 1. The monoisotopic (exact) mass is 595 g/mol. The molecule has 3 unspecified atom stereocenters. The van der Waals surface area contributed by atoms with E-state index >= 15 is 0 Å². The number of nitro groups is 1. The van der Waals surface area contributed by atoms with Crippen molar-refractivity contribution in [2.24, 2.45) is 0 Å². The maximum atomic E-state index is 13.8. The van der Waals surface area contributed by atoms with Crippen LogP contribution in [0, 0.1) is 16.2 Å². The van der Waals surface area contributed by atoms with Crippen LogP contribution in [0.2, 0.25) is 0 Å². The summed E-state index contributed by atoms with van der Waals surface area (Å²) in [6.07, 6.45) is -5.39. The molecule has 0 saturated carbocycles. The largest absolute Gasteiger partial charge is 0.406 e. The second-order valence-electron chi connectivity index (χ2n) is 8.63. The molecule has 0 amide bonds. The van der Waals surface area contributed by atoms with Crippen molar-refractivity contribution in [1.29, 1.82) is 0 Å². The number of halogens is 1. The molecule has 0 bridgehead atoms. The molecule has 0 aliphatic carbocycles. The quantitative estimate of drug-likeness (QED) is 0.0849. The maximum Gasteiger partial charge on any atom is 0.406 e. The van der Waals surface area contributed by atoms with E-state index < -0.39 is 49.9 Å². The number of hydrogen-bond donors (Lipinski definition) is 4. The van der Waals surface area contributed by atoms with Crippen LogP contribution >= 0.6 is 19.1 Å². The number of thiophene rings is 1. The first-order valence-corrected chi connectivity index (χ1v) is 14.1. The van der Waals surface area contributed by atoms with Gasteiger partial charge in [0.15, 0.2) is 23.2 Å². The van der Waals surface area contributed by atoms with E-state index in [0.717, 1.165) is 16.9 Å². The van der Waals surface area contributed by atoms with E-state index in [1.165, 1.54) is 23.0 Å². The molecule has 1 aromatic carbocycles. The van der Waals surface area contributed by atoms with Crippen molar-refractivity contribution < 1.29 is 37.9 Å². The molecule has 4 heterocycles. The van der Waals surface area contributed by atoms with Gasteiger partial charge >= 0.3 is 18.8 Å². The standard InChI is InChI=1S/C22H23FN7O8PS/c23-22-27-19(24)16-20(28-22)29(11-25-16)21-18(32)17(31)14(38-21)10-37-39(35,26-8-12-4-2-1-3-5-12)36-9-13-6-7-15(40-13)30(33)34/h1-7,11,14,17-18,21,31-32H,8-10H2,(H,26,35)(H2,24,27,28)/t14-,17+,18?,21?,39?/m1/s1. The molecule has 1 saturated heterocycles. The highest BCUT2D eigenvalue weighted by Crippen LogP contribution is 2.46. The van der Waals surface area contributed by atoms with E-state index in [9.17, 15) is 29.3 Å². The summed E-state index contributed by atoms with van der Waals surface area (Å²) in [4.78, 5) is 22.0. The molecule has 4 aromatic rings. The summed E-state index contributed by atoms with van der Waals surface area (Å²) in [7, 11) is -4.09. The number of aliphatic hydroxyl groups is 2. The van der Waals surface area contributed by atoms with Gasteiger partial charge in [-0.15, -0.1) is 0 Å². The van der Waals surface area contributed by atoms with Crippen molar-refractivity contribution in [3.05, 3.63) is 75.4 Å². The summed E-state index contributed by atoms with van der Waals surface area (Å²) in [6.45, 7) is -0.656. The molecule has 5 atom stereocenters. The normalized spacial score (nSPS) is 22.5. The number of fused-ring (bicyclic) bond motifs is 1. The predicted octanol–water partition coefficient (Wildman–Crippen LogP) is 2.27. The van der Waals surface area contributed by atoms with Crippen LogP contribution in [0.15, 0.2) is 48.8 Å². The van der Waals surface area contributed by atoms with E-state index in [-0.39, 0.29) is 35.1 Å². The number of anilines is 1. The van der Waals surface area contributed by atoms with Crippen molar-refractivity contribution in [3.63, 3.8) is 0 Å². The van der Waals surface area contributed by atoms with Crippen LogP contribution in [-0.4, -0.2) is 59.6 Å². The number of nitrogen functional groups attached to an aromatic ring is 1. The zero-order chi connectivity index (χ0) is 28.4. The number of nitrogens with one attached hydrogen (secondary N) is 1. The van der Waals surface area contributed by atoms with Gasteiger partial charge in [0.05, 0.1) is 24.5 Å². The van der Waals surface area contributed by atoms with Gasteiger partial charge in [-0.3, -0.25) is 23.7 Å². The Labute approximate surface area is 229 Å². The van der Waals surface area contributed by atoms with Crippen LogP contribution in [0.25, 0.3) is 11.2 Å². The van der Waals surface area contributed by atoms with Gasteiger partial charge in [0, 0.05) is 17.5 Å². The number of hydrogen-bond acceptors (Lipinski definition) is 13. The average Bonchev–Trinajstić information content (AvgIpc) is 3.65. The molecular weight excluding hydrogens is 572 g/mol. The van der Waals surface area contributed by atoms with Crippen LogP contribution in [-0.2, 0) is 31.5 Å². The molecule has 40 heavy (non-hydrogen) atoms. The molecule has 212 valence electrons. The van der Waals surface area contributed by atoms with E-state index in [1.807, 2.05) is 6.07 Å². The van der Waals surface area contributed by atoms with Gasteiger partial charge in [-0.25, -0.2) is 14.6 Å². The average molecular weight is 596 g/mol. The molecule has 1 fully saturated rings. The van der Waals surface area contributed by atoms with E-state index in [0.29, 0.717) is 4.88 Å². The lowest BCUT2D eigenvalue weighted by atomic mass is 10.1. The van der Waals surface area contributed by atoms with Crippen LogP contribution in [0.1, 0.15) is 16.7 Å². The summed E-state index contributed by atoms with van der Waals surface area (Å²) < 4.78 is 45.5. The Bertz CT molecular complexity index is 1560. The van der Waals surface area contributed by atoms with Gasteiger partial charge in [-0.05, 0) is 11.6 Å². The highest BCUT2D eigenvalue weighted by atomic mass is 32.1. The first-order valence-electron chi connectivity index (χ1n) is 11.7. The van der Waals surface area contributed by atoms with Crippen molar-refractivity contribution >= 4 is 41.1 Å². The number of aliphatic hydroxyl groups excluding tert-OH is 2. The molecule has 1 aliphatic rings. The van der Waals surface area contributed by atoms with Gasteiger partial charge < -0.3 is 20.7 Å². The number of benzene rings is 1. The van der Waals surface area contributed by atoms with Crippen molar-refractivity contribution in [2.45, 2.75) is 37.7 Å². The fourth-order valence-corrected chi connectivity index (χ4v) is 6.07. The number of imidazole rings is 1. The fourth-order valence-electron chi connectivity index (χ4n) is 3.97. The number of rotatable bonds is 11. The Morgan fingerprint density at radius 1 is 1.20 bits per heavy atom. The first kappa shape index (κ1) is 28.1. The van der Waals surface area contributed by atoms with E-state index in [1.54, 1.807) is 24.3 Å². The van der Waals surface area contributed by atoms with Crippen molar-refractivity contribution in [2.75, 3.05) is 12.3 Å². The second kappa shape index (κ2) is 11.6. The lowest BCUT2D eigenvalue weighted by molar-refractivity contribution is -0.380. The number of ether oxygens (including phenoxy) is 1. The first-order chi connectivity index (χ1) is 19.1. The van der Waals surface area contributed by atoms with Crippen molar-refractivity contribution in [3.8, 4) is 0 Å². The summed E-state index contributed by atoms with van der Waals surface area (Å²) in [5.74, 6) is -0.215. The lowest BCUT2D eigenvalue weighted by Gasteiger charge is -2.22. The third kappa shape index (κ3) is 6.01. The third-order valence-corrected chi connectivity index (χ3v) is 8.48. The molecule has 5 rings (SSSR count). The zero-order valence-corrected chi connectivity index (χ0v) is 22.2. The Hall–Kier alpha value is -3.41. The van der Waals surface area contributed by atoms with Crippen molar-refractivity contribution in [1.82, 2.24) is 24.6 Å². The third-order valence-electron chi connectivity index (χ3n) is 5.97. The maximum absolute atomic E-state index is 13.8. The minimum atomic E-state index is -4.09. The topological polar surface area (TPSA) is 210 Å². The molecule has 5 N–H and O–H groups in total. The molecule has 3 aromatic heterocycles. The summed E-state index contributed by atoms with van der Waals surface area (Å²) in [5.41, 5.74) is 6.47. The Morgan fingerprint density at radius 3 is 2.70 bits per heavy atom.